The molecule has 7 nitrogen and oxygen atoms in total. The van der Waals surface area contributed by atoms with E-state index in [1.54, 1.807) is 32.4 Å². The maximum atomic E-state index is 12.2. The van der Waals surface area contributed by atoms with Gasteiger partial charge in [0.15, 0.2) is 5.82 Å². The molecule has 0 saturated carbocycles. The second-order valence-corrected chi connectivity index (χ2v) is 8.02. The van der Waals surface area contributed by atoms with Crippen LogP contribution in [-0.4, -0.2) is 30.0 Å². The normalized spacial score (nSPS) is 13.0. The van der Waals surface area contributed by atoms with Crippen LogP contribution in [0.3, 0.4) is 0 Å². The number of hydrogen-bond acceptors (Lipinski definition) is 6. The van der Waals surface area contributed by atoms with Crippen LogP contribution in [0.4, 0.5) is 23.1 Å². The van der Waals surface area contributed by atoms with Gasteiger partial charge in [-0.05, 0) is 55.0 Å². The number of benzene rings is 2. The second-order valence-electron chi connectivity index (χ2n) is 7.61. The zero-order chi connectivity index (χ0) is 22.5. The Labute approximate surface area is 192 Å². The van der Waals surface area contributed by atoms with Gasteiger partial charge in [0.25, 0.3) is 5.91 Å². The van der Waals surface area contributed by atoms with Crippen LogP contribution < -0.4 is 20.7 Å². The Hall–Kier alpha value is -3.32. The third kappa shape index (κ3) is 4.62. The van der Waals surface area contributed by atoms with Crippen LogP contribution >= 0.6 is 11.6 Å². The van der Waals surface area contributed by atoms with Crippen molar-refractivity contribution in [1.29, 1.82) is 0 Å². The number of nitrogens with zero attached hydrogens (tertiary/aromatic N) is 2. The largest absolute Gasteiger partial charge is 0.494 e. The summed E-state index contributed by atoms with van der Waals surface area (Å²) in [4.78, 5) is 21.1. The Bertz CT molecular complexity index is 1140. The molecule has 2 aromatic carbocycles. The summed E-state index contributed by atoms with van der Waals surface area (Å²) in [6, 6.07) is 11.3. The predicted molar refractivity (Wildman–Crippen MR) is 128 cm³/mol. The fourth-order valence-corrected chi connectivity index (χ4v) is 4.13. The highest BCUT2D eigenvalue weighted by Crippen LogP contribution is 2.37. The first-order valence-corrected chi connectivity index (χ1v) is 11.0. The van der Waals surface area contributed by atoms with Crippen LogP contribution in [-0.2, 0) is 12.8 Å². The maximum absolute atomic E-state index is 12.2. The Balaban J connectivity index is 1.63. The first-order chi connectivity index (χ1) is 15.6. The lowest BCUT2D eigenvalue weighted by molar-refractivity contribution is 0.0964. The number of para-hydroxylation sites is 1. The summed E-state index contributed by atoms with van der Waals surface area (Å²) in [7, 11) is 3.28. The van der Waals surface area contributed by atoms with Gasteiger partial charge in [-0.3, -0.25) is 4.79 Å². The van der Waals surface area contributed by atoms with Gasteiger partial charge in [0.05, 0.1) is 30.2 Å². The number of fused-ring (bicyclic) bond motifs is 1. The highest BCUT2D eigenvalue weighted by Gasteiger charge is 2.18. The van der Waals surface area contributed by atoms with Gasteiger partial charge in [0.1, 0.15) is 10.8 Å². The van der Waals surface area contributed by atoms with E-state index in [2.05, 4.69) is 32.0 Å². The molecule has 1 heterocycles. The molecule has 0 saturated heterocycles. The molecule has 1 amide bonds. The van der Waals surface area contributed by atoms with Crippen molar-refractivity contribution in [2.45, 2.75) is 32.1 Å². The number of ether oxygens (including phenoxy) is 1. The summed E-state index contributed by atoms with van der Waals surface area (Å²) in [6.45, 7) is 0. The minimum Gasteiger partial charge on any atom is -0.494 e. The lowest BCUT2D eigenvalue weighted by Gasteiger charge is -2.17. The third-order valence-corrected chi connectivity index (χ3v) is 5.85. The Morgan fingerprint density at radius 3 is 2.66 bits per heavy atom. The van der Waals surface area contributed by atoms with Crippen molar-refractivity contribution in [3.63, 3.8) is 0 Å². The minimum atomic E-state index is -0.202. The second kappa shape index (κ2) is 9.87. The van der Waals surface area contributed by atoms with Crippen molar-refractivity contribution in [1.82, 2.24) is 15.3 Å². The quantitative estimate of drug-likeness (QED) is 0.443. The van der Waals surface area contributed by atoms with Crippen LogP contribution in [0, 0.1) is 0 Å². The Kier molecular flexibility index (Phi) is 6.75. The Morgan fingerprint density at radius 2 is 1.84 bits per heavy atom. The average Bonchev–Trinajstić information content (AvgIpc) is 3.06. The lowest BCUT2D eigenvalue weighted by atomic mass is 10.0. The van der Waals surface area contributed by atoms with E-state index < -0.39 is 0 Å². The molecule has 0 unspecified atom stereocenters. The zero-order valence-electron chi connectivity index (χ0n) is 18.2. The number of methoxy groups -OCH3 is 1. The average molecular weight is 452 g/mol. The molecule has 0 aliphatic heterocycles. The number of aryl methyl sites for hydroxylation is 1. The molecule has 0 fully saturated rings. The number of hydrogen-bond donors (Lipinski definition) is 3. The first-order valence-electron chi connectivity index (χ1n) is 10.7. The molecule has 4 rings (SSSR count). The van der Waals surface area contributed by atoms with Crippen molar-refractivity contribution in [3.05, 3.63) is 64.3 Å². The Morgan fingerprint density at radius 1 is 1.03 bits per heavy atom. The van der Waals surface area contributed by atoms with Crippen molar-refractivity contribution < 1.29 is 9.53 Å². The van der Waals surface area contributed by atoms with Crippen LogP contribution in [0.25, 0.3) is 0 Å². The number of carbonyl (C=O) groups is 1. The highest BCUT2D eigenvalue weighted by molar-refractivity contribution is 6.33. The third-order valence-electron chi connectivity index (χ3n) is 5.58. The smallest absolute Gasteiger partial charge is 0.253 e. The van der Waals surface area contributed by atoms with E-state index >= 15 is 0 Å². The summed E-state index contributed by atoms with van der Waals surface area (Å²) < 4.78 is 5.77. The molecule has 1 aliphatic carbocycles. The number of carbonyl (C=O) groups excluding carboxylic acids is 1. The molecule has 32 heavy (non-hydrogen) atoms. The van der Waals surface area contributed by atoms with Crippen LogP contribution in [0.2, 0.25) is 5.02 Å². The first kappa shape index (κ1) is 21.9. The molecule has 0 radical (unpaired) electrons. The summed E-state index contributed by atoms with van der Waals surface area (Å²) >= 11 is 6.35. The monoisotopic (exact) mass is 451 g/mol. The number of rotatable bonds is 6. The minimum absolute atomic E-state index is 0.202. The van der Waals surface area contributed by atoms with Crippen molar-refractivity contribution in [3.8, 4) is 5.75 Å². The number of nitrogens with one attached hydrogen (secondary N) is 3. The SMILES string of the molecule is CNC(=O)c1ccccc1Nc1nc(Nc2ccc3c(c2OC)CCCCC3)ncc1Cl. The summed E-state index contributed by atoms with van der Waals surface area (Å²) in [5, 5.41) is 9.41. The van der Waals surface area contributed by atoms with Crippen molar-refractivity contribution >= 4 is 40.6 Å². The van der Waals surface area contributed by atoms with Crippen LogP contribution in [0.5, 0.6) is 5.75 Å². The molecule has 0 atom stereocenters. The van der Waals surface area contributed by atoms with Gasteiger partial charge in [-0.1, -0.05) is 36.2 Å². The van der Waals surface area contributed by atoms with Gasteiger partial charge in [-0.15, -0.1) is 0 Å². The molecule has 1 aromatic heterocycles. The standard InChI is InChI=1S/C24H26ClN5O2/c1-26-23(31)17-10-6-7-11-19(17)28-22-18(25)14-27-24(30-22)29-20-13-12-15-8-4-3-5-9-16(15)21(20)32-2/h6-7,10-14H,3-5,8-9H2,1-2H3,(H,26,31)(H2,27,28,29,30). The van der Waals surface area contributed by atoms with Gasteiger partial charge in [-0.2, -0.15) is 4.98 Å². The van der Waals surface area contributed by atoms with E-state index in [4.69, 9.17) is 16.3 Å². The summed E-state index contributed by atoms with van der Waals surface area (Å²) in [6.07, 6.45) is 7.19. The van der Waals surface area contributed by atoms with E-state index in [9.17, 15) is 4.79 Å². The summed E-state index contributed by atoms with van der Waals surface area (Å²) in [5.74, 6) is 1.41. The molecule has 3 N–H and O–H groups in total. The zero-order valence-corrected chi connectivity index (χ0v) is 18.9. The van der Waals surface area contributed by atoms with Gasteiger partial charge in [0.2, 0.25) is 5.95 Å². The maximum Gasteiger partial charge on any atom is 0.253 e. The highest BCUT2D eigenvalue weighted by atomic mass is 35.5. The molecular weight excluding hydrogens is 426 g/mol. The van der Waals surface area contributed by atoms with E-state index in [1.807, 2.05) is 12.1 Å². The van der Waals surface area contributed by atoms with E-state index in [0.717, 1.165) is 30.7 Å². The molecule has 0 bridgehead atoms. The number of aromatic nitrogens is 2. The van der Waals surface area contributed by atoms with E-state index in [0.29, 0.717) is 28.0 Å². The molecule has 3 aromatic rings. The summed E-state index contributed by atoms with van der Waals surface area (Å²) in [5.41, 5.74) is 4.50. The van der Waals surface area contributed by atoms with Gasteiger partial charge in [0, 0.05) is 7.05 Å². The van der Waals surface area contributed by atoms with E-state index in [-0.39, 0.29) is 5.91 Å². The number of amides is 1. The lowest BCUT2D eigenvalue weighted by Crippen LogP contribution is -2.19. The van der Waals surface area contributed by atoms with Gasteiger partial charge >= 0.3 is 0 Å². The van der Waals surface area contributed by atoms with Gasteiger partial charge in [-0.25, -0.2) is 4.98 Å². The topological polar surface area (TPSA) is 88.2 Å². The van der Waals surface area contributed by atoms with Gasteiger partial charge < -0.3 is 20.7 Å². The fourth-order valence-electron chi connectivity index (χ4n) is 3.99. The van der Waals surface area contributed by atoms with E-state index in [1.165, 1.54) is 30.2 Å². The molecular formula is C24H26ClN5O2. The van der Waals surface area contributed by atoms with Crippen LogP contribution in [0.15, 0.2) is 42.6 Å². The predicted octanol–water partition coefficient (Wildman–Crippen LogP) is 5.25. The molecule has 1 aliphatic rings. The molecule has 166 valence electrons. The van der Waals surface area contributed by atoms with Crippen molar-refractivity contribution in [2.75, 3.05) is 24.8 Å². The van der Waals surface area contributed by atoms with Crippen molar-refractivity contribution in [2.24, 2.45) is 0 Å². The number of anilines is 4. The fraction of sp³-hybridized carbons (Fsp3) is 0.292. The van der Waals surface area contributed by atoms with Crippen LogP contribution in [0.1, 0.15) is 40.7 Å². The molecule has 0 spiro atoms. The number of halogens is 1. The molecule has 8 heteroatoms.